The molecule has 4 nitrogen and oxygen atoms in total. The number of fused-ring (bicyclic) bond motifs is 1. The molecule has 0 spiro atoms. The molecule has 0 saturated carbocycles. The van der Waals surface area contributed by atoms with E-state index >= 15 is 0 Å². The zero-order valence-corrected chi connectivity index (χ0v) is 9.26. The van der Waals surface area contributed by atoms with Gasteiger partial charge < -0.3 is 5.32 Å². The number of rotatable bonds is 0. The van der Waals surface area contributed by atoms with Gasteiger partial charge in [-0.3, -0.25) is 4.57 Å². The van der Waals surface area contributed by atoms with E-state index in [1.54, 1.807) is 20.8 Å². The van der Waals surface area contributed by atoms with Crippen LogP contribution in [0.5, 0.6) is 0 Å². The third-order valence-corrected chi connectivity index (χ3v) is 2.78. The van der Waals surface area contributed by atoms with E-state index in [2.05, 4.69) is 15.5 Å². The van der Waals surface area contributed by atoms with Crippen LogP contribution in [-0.4, -0.2) is 21.3 Å². The maximum atomic E-state index is 12.7. The van der Waals surface area contributed by atoms with Crippen molar-refractivity contribution >= 4 is 0 Å². The SMILES string of the molecule is CC1NCC(C)(C)n2c1nnc2C(F)(F)F. The van der Waals surface area contributed by atoms with E-state index in [0.717, 1.165) is 0 Å². The van der Waals surface area contributed by atoms with Gasteiger partial charge in [0.2, 0.25) is 5.82 Å². The van der Waals surface area contributed by atoms with E-state index in [1.165, 1.54) is 4.57 Å². The maximum Gasteiger partial charge on any atom is 0.451 e. The second-order valence-corrected chi connectivity index (χ2v) is 4.63. The summed E-state index contributed by atoms with van der Waals surface area (Å²) in [6.07, 6.45) is -4.46. The lowest BCUT2D eigenvalue weighted by Gasteiger charge is -2.36. The van der Waals surface area contributed by atoms with Crippen molar-refractivity contribution in [3.63, 3.8) is 0 Å². The Hall–Kier alpha value is -1.11. The number of hydrogen-bond donors (Lipinski definition) is 1. The Bertz CT molecular complexity index is 407. The molecule has 1 N–H and O–H groups in total. The second-order valence-electron chi connectivity index (χ2n) is 4.63. The van der Waals surface area contributed by atoms with Crippen LogP contribution in [0, 0.1) is 0 Å². The van der Waals surface area contributed by atoms with E-state index in [0.29, 0.717) is 12.4 Å². The van der Waals surface area contributed by atoms with Gasteiger partial charge in [-0.25, -0.2) is 0 Å². The molecule has 0 aromatic carbocycles. The van der Waals surface area contributed by atoms with Gasteiger partial charge in [0.25, 0.3) is 0 Å². The highest BCUT2D eigenvalue weighted by atomic mass is 19.4. The van der Waals surface area contributed by atoms with Crippen LogP contribution >= 0.6 is 0 Å². The van der Waals surface area contributed by atoms with Crippen LogP contribution in [0.15, 0.2) is 0 Å². The summed E-state index contributed by atoms with van der Waals surface area (Å²) < 4.78 is 39.4. The van der Waals surface area contributed by atoms with Gasteiger partial charge in [-0.05, 0) is 20.8 Å². The zero-order valence-electron chi connectivity index (χ0n) is 9.26. The third-order valence-electron chi connectivity index (χ3n) is 2.78. The van der Waals surface area contributed by atoms with E-state index in [-0.39, 0.29) is 6.04 Å². The minimum Gasteiger partial charge on any atom is -0.305 e. The van der Waals surface area contributed by atoms with Crippen LogP contribution in [0.3, 0.4) is 0 Å². The predicted octanol–water partition coefficient (Wildman–Crippen LogP) is 1.70. The van der Waals surface area contributed by atoms with Crippen molar-refractivity contribution in [1.82, 2.24) is 20.1 Å². The largest absolute Gasteiger partial charge is 0.451 e. The number of hydrogen-bond acceptors (Lipinski definition) is 3. The summed E-state index contributed by atoms with van der Waals surface area (Å²) in [7, 11) is 0. The first-order valence-corrected chi connectivity index (χ1v) is 5.00. The fourth-order valence-corrected chi connectivity index (χ4v) is 1.93. The summed E-state index contributed by atoms with van der Waals surface area (Å²) in [5.41, 5.74) is -0.670. The Kier molecular flexibility index (Phi) is 2.27. The number of alkyl halides is 3. The molecule has 0 fully saturated rings. The Morgan fingerprint density at radius 3 is 2.56 bits per heavy atom. The molecule has 0 saturated heterocycles. The molecule has 1 unspecified atom stereocenters. The third kappa shape index (κ3) is 1.59. The van der Waals surface area contributed by atoms with Crippen molar-refractivity contribution in [3.05, 3.63) is 11.6 Å². The standard InChI is InChI=1S/C9H13F3N4/c1-5-6-14-15-7(9(10,11)12)16(6)8(2,3)4-13-5/h5,13H,4H2,1-3H3. The van der Waals surface area contributed by atoms with Crippen LogP contribution in [-0.2, 0) is 11.7 Å². The van der Waals surface area contributed by atoms with Crippen molar-refractivity contribution in [2.75, 3.05) is 6.54 Å². The predicted molar refractivity (Wildman–Crippen MR) is 50.8 cm³/mol. The molecule has 90 valence electrons. The molecule has 2 rings (SSSR count). The zero-order chi connectivity index (χ0) is 12.1. The number of nitrogens with one attached hydrogen (secondary N) is 1. The molecule has 0 radical (unpaired) electrons. The quantitative estimate of drug-likeness (QED) is 0.743. The number of aromatic nitrogens is 3. The molecule has 1 aromatic heterocycles. The molecule has 1 aromatic rings. The minimum atomic E-state index is -4.46. The summed E-state index contributed by atoms with van der Waals surface area (Å²) in [5.74, 6) is -0.579. The second kappa shape index (κ2) is 3.19. The summed E-state index contributed by atoms with van der Waals surface area (Å²) in [5, 5.41) is 10.00. The Labute approximate surface area is 90.9 Å². The topological polar surface area (TPSA) is 42.7 Å². The Morgan fingerprint density at radius 1 is 1.38 bits per heavy atom. The van der Waals surface area contributed by atoms with Crippen LogP contribution < -0.4 is 5.32 Å². The first-order valence-electron chi connectivity index (χ1n) is 5.00. The number of nitrogens with zero attached hydrogens (tertiary/aromatic N) is 3. The van der Waals surface area contributed by atoms with Crippen molar-refractivity contribution in [2.24, 2.45) is 0 Å². The summed E-state index contributed by atoms with van der Waals surface area (Å²) in [6, 6.07) is -0.211. The van der Waals surface area contributed by atoms with Crippen LogP contribution in [0.25, 0.3) is 0 Å². The van der Waals surface area contributed by atoms with Gasteiger partial charge in [0.1, 0.15) is 0 Å². The summed E-state index contributed by atoms with van der Waals surface area (Å²) in [6.45, 7) is 5.69. The van der Waals surface area contributed by atoms with E-state index in [1.807, 2.05) is 0 Å². The average molecular weight is 234 g/mol. The fourth-order valence-electron chi connectivity index (χ4n) is 1.93. The normalized spacial score (nSPS) is 24.2. The summed E-state index contributed by atoms with van der Waals surface area (Å²) >= 11 is 0. The van der Waals surface area contributed by atoms with Crippen LogP contribution in [0.1, 0.15) is 38.5 Å². The van der Waals surface area contributed by atoms with Gasteiger partial charge in [-0.15, -0.1) is 10.2 Å². The molecule has 16 heavy (non-hydrogen) atoms. The van der Waals surface area contributed by atoms with Crippen molar-refractivity contribution < 1.29 is 13.2 Å². The van der Waals surface area contributed by atoms with Crippen molar-refractivity contribution in [1.29, 1.82) is 0 Å². The van der Waals surface area contributed by atoms with Crippen LogP contribution in [0.2, 0.25) is 0 Å². The average Bonchev–Trinajstić information content (AvgIpc) is 2.56. The van der Waals surface area contributed by atoms with Gasteiger partial charge in [-0.1, -0.05) is 0 Å². The molecule has 0 aliphatic carbocycles. The number of halogens is 3. The lowest BCUT2D eigenvalue weighted by atomic mass is 10.0. The lowest BCUT2D eigenvalue weighted by molar-refractivity contribution is -0.149. The highest BCUT2D eigenvalue weighted by Gasteiger charge is 2.44. The monoisotopic (exact) mass is 234 g/mol. The Balaban J connectivity index is 2.61. The lowest BCUT2D eigenvalue weighted by Crippen LogP contribution is -2.47. The Morgan fingerprint density at radius 2 is 2.00 bits per heavy atom. The summed E-state index contributed by atoms with van der Waals surface area (Å²) in [4.78, 5) is 0. The van der Waals surface area contributed by atoms with E-state index in [9.17, 15) is 13.2 Å². The smallest absolute Gasteiger partial charge is 0.305 e. The van der Waals surface area contributed by atoms with Gasteiger partial charge in [0.05, 0.1) is 11.6 Å². The van der Waals surface area contributed by atoms with Crippen LogP contribution in [0.4, 0.5) is 13.2 Å². The first kappa shape index (κ1) is 11.4. The molecule has 1 aliphatic heterocycles. The first-order chi connectivity index (χ1) is 7.23. The van der Waals surface area contributed by atoms with Crippen molar-refractivity contribution in [3.8, 4) is 0 Å². The highest BCUT2D eigenvalue weighted by molar-refractivity contribution is 5.11. The van der Waals surface area contributed by atoms with Gasteiger partial charge in [-0.2, -0.15) is 13.2 Å². The van der Waals surface area contributed by atoms with Crippen molar-refractivity contribution in [2.45, 2.75) is 38.5 Å². The van der Waals surface area contributed by atoms with Gasteiger partial charge >= 0.3 is 6.18 Å². The molecular formula is C9H13F3N4. The van der Waals surface area contributed by atoms with Gasteiger partial charge in [0, 0.05) is 6.54 Å². The molecule has 7 heteroatoms. The molecule has 2 heterocycles. The van der Waals surface area contributed by atoms with Gasteiger partial charge in [0.15, 0.2) is 5.82 Å². The molecule has 0 amide bonds. The van der Waals surface area contributed by atoms with E-state index in [4.69, 9.17) is 0 Å². The molecular weight excluding hydrogens is 221 g/mol. The molecule has 1 aliphatic rings. The van der Waals surface area contributed by atoms with E-state index < -0.39 is 17.5 Å². The molecule has 0 bridgehead atoms. The molecule has 1 atom stereocenters. The maximum absolute atomic E-state index is 12.7. The highest BCUT2D eigenvalue weighted by Crippen LogP contribution is 2.35. The minimum absolute atomic E-state index is 0.211. The fraction of sp³-hybridized carbons (Fsp3) is 0.778.